The Labute approximate surface area is 160 Å². The molecule has 0 aromatic heterocycles. The van der Waals surface area contributed by atoms with Gasteiger partial charge in [-0.3, -0.25) is 0 Å². The number of aliphatic hydroxyl groups is 1. The van der Waals surface area contributed by atoms with Crippen molar-refractivity contribution in [3.8, 4) is 0 Å². The maximum absolute atomic E-state index is 10.2. The Morgan fingerprint density at radius 1 is 0.840 bits per heavy atom. The maximum atomic E-state index is 10.2. The standard InChI is InChI=1S/C14H40O6Si5/c1-14(2,15)13-23(9,10)21(5)18-24(11,16-3)20-25(12,17-4)19-22(6,7)8/h15,21H,13H2,1-12H3/t21-,24?,25?/m1/s1. The Hall–Kier alpha value is 0.844. The van der Waals surface area contributed by atoms with Crippen molar-refractivity contribution in [3.05, 3.63) is 0 Å². The highest BCUT2D eigenvalue weighted by molar-refractivity contribution is 7.30. The lowest BCUT2D eigenvalue weighted by atomic mass is 10.2. The van der Waals surface area contributed by atoms with E-state index in [4.69, 9.17) is 21.2 Å². The summed E-state index contributed by atoms with van der Waals surface area (Å²) in [5.41, 5.74) is -0.678. The minimum absolute atomic E-state index is 0.678. The molecule has 0 saturated carbocycles. The first-order valence-electron chi connectivity index (χ1n) is 8.78. The lowest BCUT2D eigenvalue weighted by molar-refractivity contribution is 0.0999. The van der Waals surface area contributed by atoms with Gasteiger partial charge >= 0.3 is 17.6 Å². The predicted molar refractivity (Wildman–Crippen MR) is 115 cm³/mol. The van der Waals surface area contributed by atoms with E-state index in [0.717, 1.165) is 6.04 Å². The second-order valence-electron chi connectivity index (χ2n) is 9.19. The molecule has 152 valence electrons. The van der Waals surface area contributed by atoms with Gasteiger partial charge in [0.25, 0.3) is 0 Å². The largest absolute Gasteiger partial charge is 0.479 e. The fraction of sp³-hybridized carbons (Fsp3) is 1.00. The highest BCUT2D eigenvalue weighted by atomic mass is 29.2. The molecule has 0 heterocycles. The molecule has 1 N–H and O–H groups in total. The molecule has 0 aromatic rings. The summed E-state index contributed by atoms with van der Waals surface area (Å²) in [5, 5.41) is 10.2. The van der Waals surface area contributed by atoms with Gasteiger partial charge < -0.3 is 26.3 Å². The minimum Gasteiger partial charge on any atom is -0.422 e. The van der Waals surface area contributed by atoms with Gasteiger partial charge in [-0.15, -0.1) is 0 Å². The summed E-state index contributed by atoms with van der Waals surface area (Å²) in [6.07, 6.45) is 0. The molecule has 6 nitrogen and oxygen atoms in total. The molecule has 0 aromatic carbocycles. The average Bonchev–Trinajstić information content (AvgIpc) is 2.33. The highest BCUT2D eigenvalue weighted by Crippen LogP contribution is 2.27. The summed E-state index contributed by atoms with van der Waals surface area (Å²) in [6.45, 7) is 20.6. The second-order valence-corrected chi connectivity index (χ2v) is 33.0. The summed E-state index contributed by atoms with van der Waals surface area (Å²) < 4.78 is 30.4. The smallest absolute Gasteiger partial charge is 0.422 e. The molecule has 0 saturated heterocycles. The van der Waals surface area contributed by atoms with Crippen LogP contribution < -0.4 is 0 Å². The Morgan fingerprint density at radius 2 is 1.28 bits per heavy atom. The predicted octanol–water partition coefficient (Wildman–Crippen LogP) is 3.21. The quantitative estimate of drug-likeness (QED) is 0.494. The van der Waals surface area contributed by atoms with Crippen molar-refractivity contribution >= 4 is 42.1 Å². The van der Waals surface area contributed by atoms with Crippen LogP contribution in [0.3, 0.4) is 0 Å². The van der Waals surface area contributed by atoms with Crippen molar-refractivity contribution in [2.24, 2.45) is 0 Å². The van der Waals surface area contributed by atoms with E-state index < -0.39 is 47.7 Å². The molecule has 0 radical (unpaired) electrons. The molecule has 25 heavy (non-hydrogen) atoms. The van der Waals surface area contributed by atoms with Gasteiger partial charge in [-0.25, -0.2) is 0 Å². The normalized spacial score (nSPS) is 20.0. The van der Waals surface area contributed by atoms with Crippen LogP contribution >= 0.6 is 0 Å². The van der Waals surface area contributed by atoms with Gasteiger partial charge in [0.15, 0.2) is 16.9 Å². The first-order valence-corrected chi connectivity index (χ1v) is 23.3. The zero-order chi connectivity index (χ0) is 20.3. The SMILES string of the molecule is CO[Si](C)(O[Si@@H](C)[Si](C)(C)CC(C)(C)O)O[Si](C)(OC)O[Si](C)(C)C. The summed E-state index contributed by atoms with van der Waals surface area (Å²) in [6, 6.07) is 0.798. The molecular formula is C14H40O6Si5. The van der Waals surface area contributed by atoms with Gasteiger partial charge in [-0.2, -0.15) is 0 Å². The summed E-state index contributed by atoms with van der Waals surface area (Å²) in [4.78, 5) is 0. The third kappa shape index (κ3) is 10.1. The number of hydrogen-bond acceptors (Lipinski definition) is 6. The van der Waals surface area contributed by atoms with E-state index in [1.54, 1.807) is 14.2 Å². The second kappa shape index (κ2) is 8.90. The molecule has 0 aliphatic carbocycles. The lowest BCUT2D eigenvalue weighted by Crippen LogP contribution is -2.62. The van der Waals surface area contributed by atoms with Gasteiger partial charge in [0, 0.05) is 27.3 Å². The van der Waals surface area contributed by atoms with Gasteiger partial charge in [0.1, 0.15) is 0 Å². The fourth-order valence-corrected chi connectivity index (χ4v) is 26.1. The maximum Gasteiger partial charge on any atom is 0.479 e. The molecule has 0 aliphatic heterocycles. The van der Waals surface area contributed by atoms with Crippen molar-refractivity contribution in [1.82, 2.24) is 0 Å². The lowest BCUT2D eigenvalue weighted by Gasteiger charge is -2.41. The van der Waals surface area contributed by atoms with Crippen LogP contribution in [0.15, 0.2) is 0 Å². The Balaban J connectivity index is 5.27. The van der Waals surface area contributed by atoms with Crippen LogP contribution in [0.1, 0.15) is 13.8 Å². The molecule has 0 amide bonds. The van der Waals surface area contributed by atoms with E-state index in [1.165, 1.54) is 0 Å². The van der Waals surface area contributed by atoms with Crippen LogP contribution in [-0.4, -0.2) is 67.0 Å². The van der Waals surface area contributed by atoms with Crippen LogP contribution in [0.5, 0.6) is 0 Å². The van der Waals surface area contributed by atoms with Crippen LogP contribution in [-0.2, 0) is 21.2 Å². The molecule has 0 fully saturated rings. The van der Waals surface area contributed by atoms with Crippen molar-refractivity contribution in [3.63, 3.8) is 0 Å². The van der Waals surface area contributed by atoms with Crippen molar-refractivity contribution < 1.29 is 26.3 Å². The van der Waals surface area contributed by atoms with Crippen molar-refractivity contribution in [2.75, 3.05) is 14.2 Å². The molecule has 0 rings (SSSR count). The van der Waals surface area contributed by atoms with Crippen LogP contribution in [0.25, 0.3) is 0 Å². The number of rotatable bonds is 11. The summed E-state index contributed by atoms with van der Waals surface area (Å²) >= 11 is 0. The van der Waals surface area contributed by atoms with Crippen molar-refractivity contribution in [2.45, 2.75) is 77.9 Å². The van der Waals surface area contributed by atoms with E-state index in [2.05, 4.69) is 39.3 Å². The van der Waals surface area contributed by atoms with Crippen LogP contribution in [0.2, 0.25) is 58.4 Å². The topological polar surface area (TPSA) is 66.4 Å². The summed E-state index contributed by atoms with van der Waals surface area (Å²) in [5.74, 6) is 0. The van der Waals surface area contributed by atoms with Crippen molar-refractivity contribution in [1.29, 1.82) is 0 Å². The third-order valence-corrected chi connectivity index (χ3v) is 27.7. The molecule has 0 spiro atoms. The first-order chi connectivity index (χ1) is 10.9. The van der Waals surface area contributed by atoms with E-state index >= 15 is 0 Å². The van der Waals surface area contributed by atoms with E-state index in [0.29, 0.717) is 0 Å². The van der Waals surface area contributed by atoms with Gasteiger partial charge in [0.2, 0.25) is 0 Å². The molecule has 0 aliphatic rings. The Morgan fingerprint density at radius 3 is 1.60 bits per heavy atom. The molecule has 0 bridgehead atoms. The molecule has 11 heteroatoms. The Bertz CT molecular complexity index is 425. The molecule has 2 unspecified atom stereocenters. The number of hydrogen-bond donors (Lipinski definition) is 1. The fourth-order valence-electron chi connectivity index (χ4n) is 2.85. The van der Waals surface area contributed by atoms with Crippen LogP contribution in [0.4, 0.5) is 0 Å². The van der Waals surface area contributed by atoms with Gasteiger partial charge in [-0.1, -0.05) is 19.6 Å². The zero-order valence-corrected chi connectivity index (χ0v) is 23.4. The summed E-state index contributed by atoms with van der Waals surface area (Å²) in [7, 11) is -7.58. The minimum atomic E-state index is -2.88. The van der Waals surface area contributed by atoms with Crippen LogP contribution in [0, 0.1) is 0 Å². The third-order valence-electron chi connectivity index (χ3n) is 3.98. The molecule has 3 atom stereocenters. The monoisotopic (exact) mass is 444 g/mol. The average molecular weight is 445 g/mol. The van der Waals surface area contributed by atoms with E-state index in [-0.39, 0.29) is 0 Å². The van der Waals surface area contributed by atoms with Gasteiger partial charge in [0.05, 0.1) is 13.2 Å². The highest BCUT2D eigenvalue weighted by Gasteiger charge is 2.51. The van der Waals surface area contributed by atoms with E-state index in [9.17, 15) is 5.11 Å². The van der Waals surface area contributed by atoms with E-state index in [1.807, 2.05) is 26.9 Å². The van der Waals surface area contributed by atoms with Gasteiger partial charge in [-0.05, 0) is 39.5 Å². The zero-order valence-electron chi connectivity index (χ0n) is 18.3. The Kier molecular flexibility index (Phi) is 9.20. The molecular weight excluding hydrogens is 405 g/mol. The first kappa shape index (κ1) is 25.8.